The van der Waals surface area contributed by atoms with Gasteiger partial charge in [0.25, 0.3) is 0 Å². The predicted octanol–water partition coefficient (Wildman–Crippen LogP) is 5.64. The topological polar surface area (TPSA) is 132 Å². The van der Waals surface area contributed by atoms with Gasteiger partial charge in [0.2, 0.25) is 0 Å². The summed E-state index contributed by atoms with van der Waals surface area (Å²) in [5.41, 5.74) is 1.97. The second-order valence-corrected chi connectivity index (χ2v) is 9.64. The molecule has 0 spiro atoms. The molecule has 0 aliphatic carbocycles. The smallest absolute Gasteiger partial charge is 0.335 e. The van der Waals surface area contributed by atoms with E-state index in [1.54, 1.807) is 12.3 Å². The number of carboxylic acids is 2. The number of unbranched alkanes of at least 4 members (excludes halogenated alkanes) is 2. The Balaban J connectivity index is 1.58. The summed E-state index contributed by atoms with van der Waals surface area (Å²) in [4.78, 5) is 38.2. The summed E-state index contributed by atoms with van der Waals surface area (Å²) in [5, 5.41) is 19.1. The van der Waals surface area contributed by atoms with Crippen LogP contribution in [0.2, 0.25) is 0 Å². The zero-order chi connectivity index (χ0) is 27.4. The van der Waals surface area contributed by atoms with Crippen LogP contribution in [-0.4, -0.2) is 50.3 Å². The fourth-order valence-corrected chi connectivity index (χ4v) is 5.02. The van der Waals surface area contributed by atoms with Gasteiger partial charge in [0, 0.05) is 18.8 Å². The molecular weight excluding hydrogens is 518 g/mol. The van der Waals surface area contributed by atoms with E-state index in [4.69, 9.17) is 9.47 Å². The molecule has 5 heterocycles. The summed E-state index contributed by atoms with van der Waals surface area (Å²) in [6.45, 7) is 2.99. The highest BCUT2D eigenvalue weighted by Gasteiger charge is 2.25. The predicted molar refractivity (Wildman–Crippen MR) is 145 cm³/mol. The third-order valence-electron chi connectivity index (χ3n) is 5.88. The quantitative estimate of drug-likeness (QED) is 0.225. The Kier molecular flexibility index (Phi) is 7.52. The van der Waals surface area contributed by atoms with Gasteiger partial charge in [0.15, 0.2) is 11.5 Å². The highest BCUT2D eigenvalue weighted by atomic mass is 32.1. The van der Waals surface area contributed by atoms with Gasteiger partial charge < -0.3 is 19.7 Å². The van der Waals surface area contributed by atoms with Gasteiger partial charge >= 0.3 is 11.9 Å². The van der Waals surface area contributed by atoms with Gasteiger partial charge in [-0.25, -0.2) is 14.6 Å². The molecule has 0 atom stereocenters. The van der Waals surface area contributed by atoms with Crippen molar-refractivity contribution in [3.8, 4) is 56.6 Å². The molecule has 10 heteroatoms. The van der Waals surface area contributed by atoms with Gasteiger partial charge in [-0.2, -0.15) is 0 Å². The zero-order valence-electron chi connectivity index (χ0n) is 20.9. The number of pyridine rings is 3. The van der Waals surface area contributed by atoms with E-state index in [-0.39, 0.29) is 22.5 Å². The third kappa shape index (κ3) is 5.58. The average molecular weight is 542 g/mol. The number of rotatable bonds is 7. The van der Waals surface area contributed by atoms with Crippen molar-refractivity contribution in [2.45, 2.75) is 26.2 Å². The second-order valence-electron chi connectivity index (χ2n) is 8.62. The Morgan fingerprint density at radius 3 is 2.23 bits per heavy atom. The fraction of sp³-hybridized carbons (Fsp3) is 0.207. The summed E-state index contributed by atoms with van der Waals surface area (Å²) in [7, 11) is 0. The molecular formula is C29H23N3O6S. The lowest BCUT2D eigenvalue weighted by molar-refractivity contribution is 0.0686. The number of thiophene rings is 1. The van der Waals surface area contributed by atoms with Crippen LogP contribution in [0.1, 0.15) is 51.8 Å². The van der Waals surface area contributed by atoms with Crippen molar-refractivity contribution in [1.82, 2.24) is 15.0 Å². The normalized spacial score (nSPS) is 11.9. The van der Waals surface area contributed by atoms with Gasteiger partial charge in [-0.1, -0.05) is 25.2 Å². The minimum Gasteiger partial charge on any atom is -0.485 e. The molecule has 0 saturated heterocycles. The molecule has 1 aliphatic rings. The molecule has 39 heavy (non-hydrogen) atoms. The lowest BCUT2D eigenvalue weighted by Gasteiger charge is -2.16. The first-order valence-electron chi connectivity index (χ1n) is 12.3. The van der Waals surface area contributed by atoms with Crippen LogP contribution in [0.5, 0.6) is 11.5 Å². The van der Waals surface area contributed by atoms with E-state index in [9.17, 15) is 19.8 Å². The van der Waals surface area contributed by atoms with Crippen LogP contribution in [0.15, 0.2) is 48.8 Å². The summed E-state index contributed by atoms with van der Waals surface area (Å²) in [6.07, 6.45) is 5.86. The van der Waals surface area contributed by atoms with Crippen molar-refractivity contribution in [3.05, 3.63) is 64.8 Å². The maximum absolute atomic E-state index is 11.9. The molecule has 0 radical (unpaired) electrons. The first kappa shape index (κ1) is 25.9. The Morgan fingerprint density at radius 2 is 1.54 bits per heavy atom. The van der Waals surface area contributed by atoms with Crippen molar-refractivity contribution < 1.29 is 29.3 Å². The number of carboxylic acid groups (broad SMARTS) is 2. The Hall–Kier alpha value is -4.75. The number of aromatic carboxylic acids is 2. The van der Waals surface area contributed by atoms with Crippen LogP contribution in [0.4, 0.5) is 0 Å². The van der Waals surface area contributed by atoms with E-state index in [1.165, 1.54) is 41.8 Å². The first-order chi connectivity index (χ1) is 18.9. The number of carbonyl (C=O) groups is 2. The number of aromatic nitrogens is 3. The monoisotopic (exact) mass is 541 g/mol. The van der Waals surface area contributed by atoms with Crippen molar-refractivity contribution in [2.75, 3.05) is 13.2 Å². The van der Waals surface area contributed by atoms with Gasteiger partial charge in [0.1, 0.15) is 18.1 Å². The standard InChI is InChI=1S/C29H23N3O6S/c1-2-3-4-5-6-24-25-26(38-12-11-37-25)27(39-24)17-7-9-30-20(13-17)22-15-19(29(35)36)16-23(32-22)21-14-18(28(33)34)8-10-31-21/h7-10,13-16H,2-4,11-12H2,1H3,(H,33,34)(H,35,36). The molecule has 196 valence electrons. The molecule has 2 N–H and O–H groups in total. The number of fused-ring (bicyclic) bond motifs is 1. The van der Waals surface area contributed by atoms with Crippen LogP contribution < -0.4 is 9.47 Å². The van der Waals surface area contributed by atoms with Gasteiger partial charge in [-0.05, 0) is 48.4 Å². The number of ether oxygens (including phenoxy) is 2. The Morgan fingerprint density at radius 1 is 0.897 bits per heavy atom. The fourth-order valence-electron chi connectivity index (χ4n) is 3.96. The molecule has 4 aromatic heterocycles. The van der Waals surface area contributed by atoms with E-state index in [0.29, 0.717) is 36.1 Å². The van der Waals surface area contributed by atoms with Crippen LogP contribution in [0, 0.1) is 11.8 Å². The average Bonchev–Trinajstić information content (AvgIpc) is 3.34. The number of hydrogen-bond acceptors (Lipinski definition) is 8. The minimum atomic E-state index is -1.16. The molecule has 0 unspecified atom stereocenters. The highest BCUT2D eigenvalue weighted by molar-refractivity contribution is 7.16. The lowest BCUT2D eigenvalue weighted by atomic mass is 10.1. The van der Waals surface area contributed by atoms with E-state index in [0.717, 1.165) is 34.6 Å². The molecule has 0 saturated carbocycles. The SMILES string of the molecule is CCCCC#Cc1sc(-c2ccnc(-c3cc(C(=O)O)cc(-c4cc(C(=O)O)ccn4)n3)c2)c2c1OCCO2. The number of hydrogen-bond donors (Lipinski definition) is 2. The molecule has 1 aliphatic heterocycles. The Bertz CT molecular complexity index is 1640. The van der Waals surface area contributed by atoms with Crippen molar-refractivity contribution >= 4 is 23.3 Å². The van der Waals surface area contributed by atoms with E-state index < -0.39 is 11.9 Å². The molecule has 0 amide bonds. The highest BCUT2D eigenvalue weighted by Crippen LogP contribution is 2.49. The number of nitrogens with zero attached hydrogens (tertiary/aromatic N) is 3. The van der Waals surface area contributed by atoms with Crippen LogP contribution in [0.3, 0.4) is 0 Å². The zero-order valence-corrected chi connectivity index (χ0v) is 21.7. The molecule has 4 aromatic rings. The molecule has 0 bridgehead atoms. The second kappa shape index (κ2) is 11.3. The van der Waals surface area contributed by atoms with E-state index in [1.807, 2.05) is 6.07 Å². The summed E-state index contributed by atoms with van der Waals surface area (Å²) >= 11 is 1.47. The molecule has 5 rings (SSSR count). The van der Waals surface area contributed by atoms with Crippen molar-refractivity contribution in [2.24, 2.45) is 0 Å². The van der Waals surface area contributed by atoms with Gasteiger partial charge in [0.05, 0.1) is 38.8 Å². The van der Waals surface area contributed by atoms with Crippen LogP contribution in [0.25, 0.3) is 33.2 Å². The summed E-state index contributed by atoms with van der Waals surface area (Å²) in [5.74, 6) is 5.42. The van der Waals surface area contributed by atoms with E-state index >= 15 is 0 Å². The molecule has 0 aromatic carbocycles. The van der Waals surface area contributed by atoms with Gasteiger partial charge in [-0.3, -0.25) is 9.97 Å². The van der Waals surface area contributed by atoms with Crippen molar-refractivity contribution in [3.63, 3.8) is 0 Å². The van der Waals surface area contributed by atoms with Crippen LogP contribution >= 0.6 is 11.3 Å². The van der Waals surface area contributed by atoms with Gasteiger partial charge in [-0.15, -0.1) is 11.3 Å². The maximum atomic E-state index is 11.9. The minimum absolute atomic E-state index is 0.0162. The lowest BCUT2D eigenvalue weighted by Crippen LogP contribution is -2.15. The molecule has 0 fully saturated rings. The summed E-state index contributed by atoms with van der Waals surface area (Å²) < 4.78 is 11.9. The molecule has 9 nitrogen and oxygen atoms in total. The Labute approximate surface area is 228 Å². The first-order valence-corrected chi connectivity index (χ1v) is 13.1. The summed E-state index contributed by atoms with van der Waals surface area (Å²) in [6, 6.07) is 9.12. The third-order valence-corrected chi connectivity index (χ3v) is 7.00. The maximum Gasteiger partial charge on any atom is 0.335 e. The van der Waals surface area contributed by atoms with E-state index in [2.05, 4.69) is 33.7 Å². The van der Waals surface area contributed by atoms with Crippen LogP contribution in [-0.2, 0) is 0 Å². The largest absolute Gasteiger partial charge is 0.485 e. The van der Waals surface area contributed by atoms with Crippen molar-refractivity contribution in [1.29, 1.82) is 0 Å².